The molecule has 30 heavy (non-hydrogen) atoms. The number of nitrogens with one attached hydrogen (secondary N) is 1. The number of rotatable bonds is 8. The van der Waals surface area contributed by atoms with Crippen LogP contribution >= 0.6 is 11.6 Å². The smallest absolute Gasteiger partial charge is 0.255 e. The van der Waals surface area contributed by atoms with Gasteiger partial charge in [0, 0.05) is 32.5 Å². The molecule has 1 amide bonds. The van der Waals surface area contributed by atoms with E-state index in [2.05, 4.69) is 17.1 Å². The van der Waals surface area contributed by atoms with E-state index in [0.717, 1.165) is 32.5 Å². The Hall–Kier alpha value is -1.70. The summed E-state index contributed by atoms with van der Waals surface area (Å²) in [7, 11) is 3.27. The highest BCUT2D eigenvalue weighted by Gasteiger charge is 2.31. The number of carbonyl (C=O) groups excluding carboxylic acids is 1. The van der Waals surface area contributed by atoms with Crippen LogP contribution in [0.5, 0.6) is 17.2 Å². The molecule has 1 saturated heterocycles. The minimum atomic E-state index is -0.232. The Kier molecular flexibility index (Phi) is 8.48. The lowest BCUT2D eigenvalue weighted by Crippen LogP contribution is -2.48. The lowest BCUT2D eigenvalue weighted by molar-refractivity contribution is -0.0106. The maximum absolute atomic E-state index is 13.0. The van der Waals surface area contributed by atoms with Gasteiger partial charge in [0.05, 0.1) is 37.0 Å². The van der Waals surface area contributed by atoms with Gasteiger partial charge in [-0.15, -0.1) is 0 Å². The molecule has 7 nitrogen and oxygen atoms in total. The lowest BCUT2D eigenvalue weighted by Gasteiger charge is -2.37. The summed E-state index contributed by atoms with van der Waals surface area (Å²) in [6, 6.07) is 1.59. The number of nitrogens with zero attached hydrogens (tertiary/aromatic N) is 1. The van der Waals surface area contributed by atoms with E-state index < -0.39 is 0 Å². The number of methoxy groups -OCH3 is 2. The SMILES string of the molecule is CCCCN1CC[C@@H](CNC(=O)c2cc(Cl)c(OC)c3c2OCCCO3)C(OC)C1. The van der Waals surface area contributed by atoms with Crippen LogP contribution in [0.1, 0.15) is 43.0 Å². The maximum atomic E-state index is 13.0. The number of fused-ring (bicyclic) bond motifs is 1. The zero-order chi connectivity index (χ0) is 21.5. The minimum absolute atomic E-state index is 0.104. The van der Waals surface area contributed by atoms with Gasteiger partial charge in [0.2, 0.25) is 5.75 Å². The molecule has 0 radical (unpaired) electrons. The molecule has 2 heterocycles. The zero-order valence-electron chi connectivity index (χ0n) is 18.2. The predicted octanol–water partition coefficient (Wildman–Crippen LogP) is 3.38. The Morgan fingerprint density at radius 1 is 1.30 bits per heavy atom. The van der Waals surface area contributed by atoms with Crippen molar-refractivity contribution in [3.63, 3.8) is 0 Å². The average molecular weight is 441 g/mol. The van der Waals surface area contributed by atoms with Gasteiger partial charge in [0.15, 0.2) is 11.5 Å². The summed E-state index contributed by atoms with van der Waals surface area (Å²) in [5, 5.41) is 3.38. The van der Waals surface area contributed by atoms with Crippen molar-refractivity contribution >= 4 is 17.5 Å². The molecular formula is C22H33ClN2O5. The highest BCUT2D eigenvalue weighted by Crippen LogP contribution is 2.46. The largest absolute Gasteiger partial charge is 0.491 e. The van der Waals surface area contributed by atoms with Crippen molar-refractivity contribution in [1.82, 2.24) is 10.2 Å². The summed E-state index contributed by atoms with van der Waals surface area (Å²) in [5.74, 6) is 1.21. The molecule has 2 atom stereocenters. The number of hydrogen-bond donors (Lipinski definition) is 1. The van der Waals surface area contributed by atoms with Crippen LogP contribution in [0.3, 0.4) is 0 Å². The summed E-state index contributed by atoms with van der Waals surface area (Å²) >= 11 is 6.35. The Labute approximate surface area is 183 Å². The molecule has 0 bridgehead atoms. The van der Waals surface area contributed by atoms with Crippen LogP contribution in [0, 0.1) is 5.92 Å². The van der Waals surface area contributed by atoms with E-state index in [1.807, 2.05) is 0 Å². The molecule has 3 rings (SSSR count). The second-order valence-electron chi connectivity index (χ2n) is 7.84. The number of carbonyl (C=O) groups is 1. The number of unbranched alkanes of at least 4 members (excludes halogenated alkanes) is 1. The summed E-state index contributed by atoms with van der Waals surface area (Å²) in [5.41, 5.74) is 0.368. The van der Waals surface area contributed by atoms with Crippen LogP contribution in [-0.4, -0.2) is 70.5 Å². The Morgan fingerprint density at radius 2 is 2.07 bits per heavy atom. The van der Waals surface area contributed by atoms with E-state index in [0.29, 0.717) is 47.6 Å². The maximum Gasteiger partial charge on any atom is 0.255 e. The molecule has 1 unspecified atom stereocenters. The fourth-order valence-corrected chi connectivity index (χ4v) is 4.34. The van der Waals surface area contributed by atoms with Crippen LogP contribution in [-0.2, 0) is 4.74 Å². The number of halogens is 1. The molecule has 2 aliphatic heterocycles. The number of ether oxygens (including phenoxy) is 4. The number of benzene rings is 1. The number of hydrogen-bond acceptors (Lipinski definition) is 6. The van der Waals surface area contributed by atoms with Crippen LogP contribution in [0.2, 0.25) is 5.02 Å². The van der Waals surface area contributed by atoms with E-state index in [-0.39, 0.29) is 17.9 Å². The van der Waals surface area contributed by atoms with E-state index >= 15 is 0 Å². The van der Waals surface area contributed by atoms with Gasteiger partial charge in [-0.25, -0.2) is 0 Å². The fourth-order valence-electron chi connectivity index (χ4n) is 4.07. The molecule has 0 saturated carbocycles. The summed E-state index contributed by atoms with van der Waals surface area (Å²) < 4.78 is 22.7. The number of piperidine rings is 1. The average Bonchev–Trinajstić information content (AvgIpc) is 3.01. The molecule has 0 aromatic heterocycles. The highest BCUT2D eigenvalue weighted by atomic mass is 35.5. The van der Waals surface area contributed by atoms with Crippen molar-refractivity contribution < 1.29 is 23.7 Å². The Bertz CT molecular complexity index is 730. The first kappa shape index (κ1) is 23.0. The van der Waals surface area contributed by atoms with E-state index in [1.54, 1.807) is 13.2 Å². The Morgan fingerprint density at radius 3 is 2.77 bits per heavy atom. The summed E-state index contributed by atoms with van der Waals surface area (Å²) in [4.78, 5) is 15.5. The third-order valence-corrected chi connectivity index (χ3v) is 6.09. The van der Waals surface area contributed by atoms with Crippen LogP contribution in [0.4, 0.5) is 0 Å². The molecule has 2 aliphatic rings. The number of likely N-dealkylation sites (tertiary alicyclic amines) is 1. The van der Waals surface area contributed by atoms with E-state index in [4.69, 9.17) is 30.5 Å². The molecule has 1 fully saturated rings. The van der Waals surface area contributed by atoms with Crippen molar-refractivity contribution in [2.24, 2.45) is 5.92 Å². The van der Waals surface area contributed by atoms with Crippen molar-refractivity contribution in [2.75, 3.05) is 53.6 Å². The molecule has 8 heteroatoms. The summed E-state index contributed by atoms with van der Waals surface area (Å²) in [6.45, 7) is 6.73. The minimum Gasteiger partial charge on any atom is -0.491 e. The monoisotopic (exact) mass is 440 g/mol. The van der Waals surface area contributed by atoms with E-state index in [1.165, 1.54) is 20.0 Å². The molecular weight excluding hydrogens is 408 g/mol. The van der Waals surface area contributed by atoms with Gasteiger partial charge in [-0.05, 0) is 32.0 Å². The first-order valence-corrected chi connectivity index (χ1v) is 11.2. The first-order valence-electron chi connectivity index (χ1n) is 10.8. The van der Waals surface area contributed by atoms with Crippen LogP contribution in [0.25, 0.3) is 0 Å². The van der Waals surface area contributed by atoms with Crippen molar-refractivity contribution in [3.8, 4) is 17.2 Å². The van der Waals surface area contributed by atoms with Gasteiger partial charge in [-0.1, -0.05) is 24.9 Å². The third kappa shape index (κ3) is 5.31. The lowest BCUT2D eigenvalue weighted by atomic mass is 9.93. The number of amides is 1. The third-order valence-electron chi connectivity index (χ3n) is 5.81. The second-order valence-corrected chi connectivity index (χ2v) is 8.24. The normalized spacial score (nSPS) is 21.7. The highest BCUT2D eigenvalue weighted by molar-refractivity contribution is 6.33. The van der Waals surface area contributed by atoms with Gasteiger partial charge in [0.1, 0.15) is 0 Å². The Balaban J connectivity index is 1.68. The quantitative estimate of drug-likeness (QED) is 0.668. The molecule has 1 aromatic carbocycles. The van der Waals surface area contributed by atoms with Crippen LogP contribution in [0.15, 0.2) is 6.07 Å². The second kappa shape index (κ2) is 11.1. The fraction of sp³-hybridized carbons (Fsp3) is 0.682. The van der Waals surface area contributed by atoms with Crippen molar-refractivity contribution in [2.45, 2.75) is 38.7 Å². The molecule has 168 valence electrons. The molecule has 0 spiro atoms. The van der Waals surface area contributed by atoms with Crippen LogP contribution < -0.4 is 19.5 Å². The van der Waals surface area contributed by atoms with Crippen molar-refractivity contribution in [3.05, 3.63) is 16.7 Å². The molecule has 0 aliphatic carbocycles. The molecule has 1 aromatic rings. The van der Waals surface area contributed by atoms with Crippen molar-refractivity contribution in [1.29, 1.82) is 0 Å². The predicted molar refractivity (Wildman–Crippen MR) is 116 cm³/mol. The van der Waals surface area contributed by atoms with Gasteiger partial charge < -0.3 is 29.2 Å². The van der Waals surface area contributed by atoms with Gasteiger partial charge in [0.25, 0.3) is 5.91 Å². The summed E-state index contributed by atoms with van der Waals surface area (Å²) in [6.07, 6.45) is 4.20. The van der Waals surface area contributed by atoms with Gasteiger partial charge >= 0.3 is 0 Å². The van der Waals surface area contributed by atoms with Gasteiger partial charge in [-0.3, -0.25) is 4.79 Å². The first-order chi connectivity index (χ1) is 14.6. The van der Waals surface area contributed by atoms with Gasteiger partial charge in [-0.2, -0.15) is 0 Å². The standard InChI is InChI=1S/C22H33ClN2O5/c1-4-5-8-25-9-7-15(18(14-25)27-2)13-24-22(26)16-12-17(23)20(28-3)21-19(16)29-10-6-11-30-21/h12,15,18H,4-11,13-14H2,1-3H3,(H,24,26)/t15-,18?/m0/s1. The molecule has 1 N–H and O–H groups in total. The van der Waals surface area contributed by atoms with E-state index in [9.17, 15) is 4.79 Å². The zero-order valence-corrected chi connectivity index (χ0v) is 18.9. The topological polar surface area (TPSA) is 69.3 Å².